The molecule has 0 atom stereocenters. The lowest BCUT2D eigenvalue weighted by Gasteiger charge is -2.24. The van der Waals surface area contributed by atoms with Gasteiger partial charge in [-0.25, -0.2) is 0 Å². The maximum absolute atomic E-state index is 5.77. The minimum Gasteiger partial charge on any atom is -0.369 e. The Morgan fingerprint density at radius 2 is 1.80 bits per heavy atom. The summed E-state index contributed by atoms with van der Waals surface area (Å²) in [5, 5.41) is 0. The summed E-state index contributed by atoms with van der Waals surface area (Å²) < 4.78 is 1.10. The number of anilines is 1. The molecular weight excluding hydrogens is 297 g/mol. The van der Waals surface area contributed by atoms with Gasteiger partial charge in [-0.15, -0.1) is 23.2 Å². The lowest BCUT2D eigenvalue weighted by atomic mass is 10.2. The largest absolute Gasteiger partial charge is 0.369 e. The maximum Gasteiger partial charge on any atom is 0.0399 e. The fourth-order valence-electron chi connectivity index (χ4n) is 1.53. The number of halogens is 3. The minimum absolute atomic E-state index is 0.617. The van der Waals surface area contributed by atoms with Gasteiger partial charge in [0.2, 0.25) is 0 Å². The van der Waals surface area contributed by atoms with E-state index in [1.807, 2.05) is 6.07 Å². The first-order chi connectivity index (χ1) is 7.19. The normalized spacial score (nSPS) is 10.4. The fourth-order valence-corrected chi connectivity index (χ4v) is 2.41. The van der Waals surface area contributed by atoms with E-state index in [0.29, 0.717) is 11.8 Å². The predicted molar refractivity (Wildman–Crippen MR) is 72.5 cm³/mol. The molecule has 0 fully saturated rings. The van der Waals surface area contributed by atoms with Crippen LogP contribution in [0.25, 0.3) is 0 Å². The van der Waals surface area contributed by atoms with Crippen LogP contribution in [0.1, 0.15) is 5.56 Å². The van der Waals surface area contributed by atoms with Crippen molar-refractivity contribution in [1.29, 1.82) is 0 Å². The maximum atomic E-state index is 5.77. The third kappa shape index (κ3) is 3.86. The van der Waals surface area contributed by atoms with Crippen molar-refractivity contribution in [3.05, 3.63) is 28.2 Å². The molecule has 84 valence electrons. The van der Waals surface area contributed by atoms with Crippen LogP contribution in [-0.2, 0) is 0 Å². The molecule has 0 spiro atoms. The lowest BCUT2D eigenvalue weighted by molar-refractivity contribution is 0.869. The van der Waals surface area contributed by atoms with Gasteiger partial charge in [-0.1, -0.05) is 15.9 Å². The van der Waals surface area contributed by atoms with Crippen molar-refractivity contribution in [1.82, 2.24) is 0 Å². The van der Waals surface area contributed by atoms with E-state index in [0.717, 1.165) is 17.6 Å². The van der Waals surface area contributed by atoms with Crippen molar-refractivity contribution in [2.24, 2.45) is 0 Å². The molecule has 1 rings (SSSR count). The highest BCUT2D eigenvalue weighted by atomic mass is 79.9. The summed E-state index contributed by atoms with van der Waals surface area (Å²) >= 11 is 15.0. The number of hydrogen-bond acceptors (Lipinski definition) is 1. The van der Waals surface area contributed by atoms with Crippen LogP contribution >= 0.6 is 39.1 Å². The highest BCUT2D eigenvalue weighted by molar-refractivity contribution is 9.10. The molecule has 0 amide bonds. The third-order valence-corrected chi connectivity index (χ3v) is 3.04. The van der Waals surface area contributed by atoms with Crippen molar-refractivity contribution < 1.29 is 0 Å². The average Bonchev–Trinajstić information content (AvgIpc) is 2.17. The second-order valence-electron chi connectivity index (χ2n) is 3.30. The molecule has 4 heteroatoms. The van der Waals surface area contributed by atoms with Crippen LogP contribution in [0.15, 0.2) is 22.7 Å². The Kier molecular flexibility index (Phi) is 5.80. The van der Waals surface area contributed by atoms with Crippen molar-refractivity contribution in [2.45, 2.75) is 6.92 Å². The van der Waals surface area contributed by atoms with E-state index in [4.69, 9.17) is 23.2 Å². The number of hydrogen-bond donors (Lipinski definition) is 0. The van der Waals surface area contributed by atoms with E-state index in [1.165, 1.54) is 11.3 Å². The molecule has 0 N–H and O–H groups in total. The Hall–Kier alpha value is 0.0800. The third-order valence-electron chi connectivity index (χ3n) is 2.21. The first-order valence-corrected chi connectivity index (χ1v) is 6.68. The zero-order valence-electron chi connectivity index (χ0n) is 8.64. The van der Waals surface area contributed by atoms with Gasteiger partial charge in [0.1, 0.15) is 0 Å². The molecule has 0 unspecified atom stereocenters. The van der Waals surface area contributed by atoms with Crippen molar-refractivity contribution in [3.63, 3.8) is 0 Å². The van der Waals surface area contributed by atoms with Gasteiger partial charge in [-0.3, -0.25) is 0 Å². The van der Waals surface area contributed by atoms with E-state index in [2.05, 4.69) is 39.9 Å². The number of rotatable bonds is 5. The monoisotopic (exact) mass is 309 g/mol. The first kappa shape index (κ1) is 13.1. The predicted octanol–water partition coefficient (Wildman–Crippen LogP) is 4.04. The topological polar surface area (TPSA) is 3.24 Å². The Morgan fingerprint density at radius 3 is 2.27 bits per heavy atom. The molecule has 0 saturated carbocycles. The first-order valence-electron chi connectivity index (χ1n) is 4.82. The molecule has 0 aromatic heterocycles. The zero-order valence-corrected chi connectivity index (χ0v) is 11.7. The molecule has 0 saturated heterocycles. The molecule has 15 heavy (non-hydrogen) atoms. The van der Waals surface area contributed by atoms with Crippen LogP contribution in [-0.4, -0.2) is 24.8 Å². The molecular formula is C11H14BrCl2N. The Bertz CT molecular complexity index is 311. The number of alkyl halides is 2. The summed E-state index contributed by atoms with van der Waals surface area (Å²) in [6.45, 7) is 3.75. The zero-order chi connectivity index (χ0) is 11.3. The average molecular weight is 311 g/mol. The summed E-state index contributed by atoms with van der Waals surface area (Å²) in [4.78, 5) is 2.21. The lowest BCUT2D eigenvalue weighted by Crippen LogP contribution is -2.28. The number of benzene rings is 1. The van der Waals surface area contributed by atoms with Crippen LogP contribution in [0.3, 0.4) is 0 Å². The summed E-state index contributed by atoms with van der Waals surface area (Å²) in [7, 11) is 0. The van der Waals surface area contributed by atoms with Crippen LogP contribution < -0.4 is 4.90 Å². The highest BCUT2D eigenvalue weighted by Gasteiger charge is 2.07. The number of aryl methyl sites for hydroxylation is 1. The molecule has 0 aliphatic rings. The van der Waals surface area contributed by atoms with Gasteiger partial charge in [0.15, 0.2) is 0 Å². The Labute approximate surface area is 109 Å². The van der Waals surface area contributed by atoms with Crippen LogP contribution in [0.5, 0.6) is 0 Å². The Morgan fingerprint density at radius 1 is 1.20 bits per heavy atom. The quantitative estimate of drug-likeness (QED) is 0.742. The van der Waals surface area contributed by atoms with E-state index < -0.39 is 0 Å². The molecule has 0 heterocycles. The molecule has 0 bridgehead atoms. The summed E-state index contributed by atoms with van der Waals surface area (Å²) in [5.41, 5.74) is 2.44. The molecule has 0 aliphatic carbocycles. The highest BCUT2D eigenvalue weighted by Crippen LogP contribution is 2.23. The smallest absolute Gasteiger partial charge is 0.0399 e. The van der Waals surface area contributed by atoms with Crippen molar-refractivity contribution in [3.8, 4) is 0 Å². The van der Waals surface area contributed by atoms with Gasteiger partial charge in [-0.2, -0.15) is 0 Å². The SMILES string of the molecule is Cc1cc(Br)ccc1N(CCCl)CCCl. The second-order valence-corrected chi connectivity index (χ2v) is 4.97. The van der Waals surface area contributed by atoms with Gasteiger partial charge in [0.05, 0.1) is 0 Å². The van der Waals surface area contributed by atoms with Gasteiger partial charge >= 0.3 is 0 Å². The Balaban J connectivity index is 2.89. The van der Waals surface area contributed by atoms with Gasteiger partial charge in [-0.05, 0) is 30.7 Å². The van der Waals surface area contributed by atoms with Crippen LogP contribution in [0, 0.1) is 6.92 Å². The molecule has 1 aromatic carbocycles. The van der Waals surface area contributed by atoms with E-state index in [9.17, 15) is 0 Å². The number of nitrogens with zero attached hydrogens (tertiary/aromatic N) is 1. The fraction of sp³-hybridized carbons (Fsp3) is 0.455. The van der Waals surface area contributed by atoms with E-state index in [-0.39, 0.29) is 0 Å². The van der Waals surface area contributed by atoms with Crippen LogP contribution in [0.2, 0.25) is 0 Å². The molecule has 1 aromatic rings. The molecule has 0 aliphatic heterocycles. The summed E-state index contributed by atoms with van der Waals surface area (Å²) in [6.07, 6.45) is 0. The molecule has 0 radical (unpaired) electrons. The summed E-state index contributed by atoms with van der Waals surface area (Å²) in [5.74, 6) is 1.23. The van der Waals surface area contributed by atoms with Crippen molar-refractivity contribution >= 4 is 44.8 Å². The molecule has 1 nitrogen and oxygen atoms in total. The second kappa shape index (κ2) is 6.62. The standard InChI is InChI=1S/C11H14BrCl2N/c1-9-8-10(12)2-3-11(9)15(6-4-13)7-5-14/h2-3,8H,4-7H2,1H3. The summed E-state index contributed by atoms with van der Waals surface area (Å²) in [6, 6.07) is 6.24. The van der Waals surface area contributed by atoms with Crippen LogP contribution in [0.4, 0.5) is 5.69 Å². The minimum atomic E-state index is 0.617. The van der Waals surface area contributed by atoms with E-state index >= 15 is 0 Å². The van der Waals surface area contributed by atoms with E-state index in [1.54, 1.807) is 0 Å². The van der Waals surface area contributed by atoms with Gasteiger partial charge < -0.3 is 4.90 Å². The van der Waals surface area contributed by atoms with Gasteiger partial charge in [0, 0.05) is 35.0 Å². The van der Waals surface area contributed by atoms with Crippen molar-refractivity contribution in [2.75, 3.05) is 29.7 Å². The van der Waals surface area contributed by atoms with Gasteiger partial charge in [0.25, 0.3) is 0 Å².